The van der Waals surface area contributed by atoms with Gasteiger partial charge in [-0.2, -0.15) is 0 Å². The van der Waals surface area contributed by atoms with Crippen LogP contribution >= 0.6 is 11.3 Å². The summed E-state index contributed by atoms with van der Waals surface area (Å²) in [6.07, 6.45) is 4.72. The number of thiophene rings is 1. The van der Waals surface area contributed by atoms with Gasteiger partial charge in [-0.15, -0.1) is 11.3 Å². The molecule has 0 bridgehead atoms. The molecule has 0 saturated carbocycles. The first-order chi connectivity index (χ1) is 13.0. The van der Waals surface area contributed by atoms with Crippen LogP contribution in [-0.4, -0.2) is 20.6 Å². The molecule has 0 saturated heterocycles. The summed E-state index contributed by atoms with van der Waals surface area (Å²) in [5, 5.41) is 11.2. The largest absolute Gasteiger partial charge is 0.481 e. The van der Waals surface area contributed by atoms with Crippen molar-refractivity contribution in [2.75, 3.05) is 0 Å². The van der Waals surface area contributed by atoms with Crippen LogP contribution in [0.3, 0.4) is 0 Å². The lowest BCUT2D eigenvalue weighted by Gasteiger charge is -2.16. The lowest BCUT2D eigenvalue weighted by atomic mass is 9.89. The number of benzene rings is 1. The highest BCUT2D eigenvalue weighted by Crippen LogP contribution is 2.33. The Kier molecular flexibility index (Phi) is 4.70. The molecule has 27 heavy (non-hydrogen) atoms. The van der Waals surface area contributed by atoms with Gasteiger partial charge >= 0.3 is 11.7 Å². The number of carboxylic acids is 1. The predicted molar refractivity (Wildman–Crippen MR) is 106 cm³/mol. The van der Waals surface area contributed by atoms with Gasteiger partial charge in [0, 0.05) is 23.9 Å². The van der Waals surface area contributed by atoms with E-state index in [4.69, 9.17) is 5.11 Å². The molecule has 1 aromatic carbocycles. The van der Waals surface area contributed by atoms with Gasteiger partial charge in [-0.25, -0.2) is 4.79 Å². The molecule has 7 heteroatoms. The van der Waals surface area contributed by atoms with Crippen LogP contribution in [0, 0.1) is 0 Å². The van der Waals surface area contributed by atoms with Crippen molar-refractivity contribution in [1.82, 2.24) is 9.55 Å². The quantitative estimate of drug-likeness (QED) is 0.707. The number of hydrogen-bond acceptors (Lipinski definition) is 4. The van der Waals surface area contributed by atoms with E-state index in [0.29, 0.717) is 10.2 Å². The van der Waals surface area contributed by atoms with Crippen molar-refractivity contribution >= 4 is 27.5 Å². The van der Waals surface area contributed by atoms with E-state index in [1.165, 1.54) is 35.3 Å². The zero-order chi connectivity index (χ0) is 19.0. The van der Waals surface area contributed by atoms with Gasteiger partial charge in [0.2, 0.25) is 0 Å². The Labute approximate surface area is 159 Å². The fraction of sp³-hybridized carbons (Fsp3) is 0.350. The van der Waals surface area contributed by atoms with Crippen LogP contribution in [0.2, 0.25) is 0 Å². The van der Waals surface area contributed by atoms with Gasteiger partial charge in [0.1, 0.15) is 4.83 Å². The van der Waals surface area contributed by atoms with Crippen molar-refractivity contribution in [3.8, 4) is 11.1 Å². The van der Waals surface area contributed by atoms with E-state index in [-0.39, 0.29) is 24.9 Å². The van der Waals surface area contributed by atoms with Gasteiger partial charge < -0.3 is 5.11 Å². The third-order valence-corrected chi connectivity index (χ3v) is 6.04. The topological polar surface area (TPSA) is 92.2 Å². The van der Waals surface area contributed by atoms with Gasteiger partial charge in [0.25, 0.3) is 5.56 Å². The Morgan fingerprint density at radius 2 is 1.96 bits per heavy atom. The minimum Gasteiger partial charge on any atom is -0.481 e. The van der Waals surface area contributed by atoms with E-state index < -0.39 is 11.7 Å². The lowest BCUT2D eigenvalue weighted by molar-refractivity contribution is -0.137. The van der Waals surface area contributed by atoms with E-state index in [0.717, 1.165) is 28.5 Å². The molecule has 0 unspecified atom stereocenters. The molecule has 3 aromatic rings. The maximum absolute atomic E-state index is 13.0. The summed E-state index contributed by atoms with van der Waals surface area (Å²) in [6.45, 7) is 0.0931. The number of aromatic nitrogens is 2. The Morgan fingerprint density at radius 1 is 1.19 bits per heavy atom. The first-order valence-electron chi connectivity index (χ1n) is 9.13. The van der Waals surface area contributed by atoms with Gasteiger partial charge in [0.15, 0.2) is 0 Å². The molecular formula is C20H20N2O4S. The number of rotatable bonds is 5. The van der Waals surface area contributed by atoms with Crippen LogP contribution in [0.15, 0.2) is 33.2 Å². The minimum atomic E-state index is -0.939. The predicted octanol–water partition coefficient (Wildman–Crippen LogP) is 3.16. The van der Waals surface area contributed by atoms with Crippen LogP contribution in [0.25, 0.3) is 21.3 Å². The van der Waals surface area contributed by atoms with Crippen molar-refractivity contribution in [1.29, 1.82) is 0 Å². The van der Waals surface area contributed by atoms with E-state index in [1.807, 2.05) is 11.4 Å². The third kappa shape index (κ3) is 3.35. The number of nitrogens with zero attached hydrogens (tertiary/aromatic N) is 1. The Balaban J connectivity index is 1.79. The van der Waals surface area contributed by atoms with Gasteiger partial charge in [-0.1, -0.05) is 18.2 Å². The molecule has 0 radical (unpaired) electrons. The molecule has 6 nitrogen and oxygen atoms in total. The SMILES string of the molecule is O=C(O)CCCn1c(=O)[nH]c2scc(-c3ccc4c(c3)CCCC4)c2c1=O. The zero-order valence-electron chi connectivity index (χ0n) is 14.8. The molecule has 0 fully saturated rings. The van der Waals surface area contributed by atoms with Crippen molar-refractivity contribution < 1.29 is 9.90 Å². The second-order valence-electron chi connectivity index (χ2n) is 6.93. The van der Waals surface area contributed by atoms with E-state index in [1.54, 1.807) is 0 Å². The molecule has 2 aromatic heterocycles. The van der Waals surface area contributed by atoms with Crippen molar-refractivity contribution in [3.63, 3.8) is 0 Å². The first-order valence-corrected chi connectivity index (χ1v) is 10.0. The number of aryl methyl sites for hydroxylation is 2. The van der Waals surface area contributed by atoms with Crippen LogP contribution in [0.4, 0.5) is 0 Å². The molecule has 0 spiro atoms. The second-order valence-corrected chi connectivity index (χ2v) is 7.81. The summed E-state index contributed by atoms with van der Waals surface area (Å²) >= 11 is 1.35. The third-order valence-electron chi connectivity index (χ3n) is 5.15. The van der Waals surface area contributed by atoms with Gasteiger partial charge in [-0.3, -0.25) is 19.1 Å². The monoisotopic (exact) mass is 384 g/mol. The van der Waals surface area contributed by atoms with E-state index in [2.05, 4.69) is 17.1 Å². The number of carbonyl (C=O) groups is 1. The van der Waals surface area contributed by atoms with Crippen LogP contribution in [0.1, 0.15) is 36.8 Å². The molecule has 0 aliphatic heterocycles. The minimum absolute atomic E-state index is 0.0781. The highest BCUT2D eigenvalue weighted by atomic mass is 32.1. The van der Waals surface area contributed by atoms with E-state index in [9.17, 15) is 14.4 Å². The van der Waals surface area contributed by atoms with Crippen molar-refractivity contribution in [3.05, 3.63) is 55.5 Å². The number of nitrogens with one attached hydrogen (secondary N) is 1. The maximum Gasteiger partial charge on any atom is 0.329 e. The number of fused-ring (bicyclic) bond motifs is 2. The molecule has 1 aliphatic carbocycles. The normalized spacial score (nSPS) is 13.6. The molecule has 140 valence electrons. The zero-order valence-corrected chi connectivity index (χ0v) is 15.6. The summed E-state index contributed by atoms with van der Waals surface area (Å²) in [6, 6.07) is 6.35. The summed E-state index contributed by atoms with van der Waals surface area (Å²) < 4.78 is 1.11. The average Bonchev–Trinajstić information content (AvgIpc) is 3.07. The smallest absolute Gasteiger partial charge is 0.329 e. The molecule has 2 heterocycles. The molecule has 0 amide bonds. The molecule has 1 aliphatic rings. The summed E-state index contributed by atoms with van der Waals surface area (Å²) in [4.78, 5) is 39.3. The van der Waals surface area contributed by atoms with Gasteiger partial charge in [-0.05, 0) is 48.8 Å². The standard InChI is InChI=1S/C20H20N2O4S/c23-16(24)6-3-9-22-19(25)17-15(11-27-18(17)21-20(22)26)14-8-7-12-4-1-2-5-13(12)10-14/h7-8,10-11H,1-6,9H2,(H,21,26)(H,23,24). The second kappa shape index (κ2) is 7.15. The summed E-state index contributed by atoms with van der Waals surface area (Å²) in [7, 11) is 0. The molecule has 0 atom stereocenters. The van der Waals surface area contributed by atoms with Crippen LogP contribution < -0.4 is 11.2 Å². The first kappa shape index (κ1) is 17.7. The van der Waals surface area contributed by atoms with Gasteiger partial charge in [0.05, 0.1) is 5.39 Å². The fourth-order valence-electron chi connectivity index (χ4n) is 3.76. The number of carboxylic acid groups (broad SMARTS) is 1. The van der Waals surface area contributed by atoms with Crippen molar-refractivity contribution in [2.24, 2.45) is 0 Å². The summed E-state index contributed by atoms with van der Waals surface area (Å²) in [5.74, 6) is -0.939. The molecule has 4 rings (SSSR count). The Hall–Kier alpha value is -2.67. The Bertz CT molecular complexity index is 1140. The number of hydrogen-bond donors (Lipinski definition) is 2. The highest BCUT2D eigenvalue weighted by Gasteiger charge is 2.17. The van der Waals surface area contributed by atoms with Crippen LogP contribution in [0.5, 0.6) is 0 Å². The average molecular weight is 384 g/mol. The van der Waals surface area contributed by atoms with E-state index >= 15 is 0 Å². The van der Waals surface area contributed by atoms with Crippen LogP contribution in [-0.2, 0) is 24.2 Å². The molecular weight excluding hydrogens is 364 g/mol. The van der Waals surface area contributed by atoms with Crippen molar-refractivity contribution in [2.45, 2.75) is 45.1 Å². The maximum atomic E-state index is 13.0. The number of aromatic amines is 1. The highest BCUT2D eigenvalue weighted by molar-refractivity contribution is 7.17. The number of aliphatic carboxylic acids is 1. The molecule has 2 N–H and O–H groups in total. The summed E-state index contributed by atoms with van der Waals surface area (Å²) in [5.41, 5.74) is 3.69. The Morgan fingerprint density at radius 3 is 2.74 bits per heavy atom. The fourth-order valence-corrected chi connectivity index (χ4v) is 4.71. The number of H-pyrrole nitrogens is 1. The lowest BCUT2D eigenvalue weighted by Crippen LogP contribution is -2.35.